The molecule has 0 amide bonds. The summed E-state index contributed by atoms with van der Waals surface area (Å²) in [4.78, 5) is 18.4. The molecule has 4 aromatic rings. The van der Waals surface area contributed by atoms with Crippen LogP contribution in [0.5, 0.6) is 5.75 Å². The molecule has 34 heavy (non-hydrogen) atoms. The van der Waals surface area contributed by atoms with Crippen molar-refractivity contribution < 1.29 is 4.74 Å². The van der Waals surface area contributed by atoms with Crippen LogP contribution in [-0.4, -0.2) is 68.3 Å². The third-order valence-corrected chi connectivity index (χ3v) is 7.54. The summed E-state index contributed by atoms with van der Waals surface area (Å²) in [7, 11) is 0. The molecule has 1 saturated heterocycles. The Balaban J connectivity index is 1.50. The van der Waals surface area contributed by atoms with Crippen molar-refractivity contribution in [3.8, 4) is 17.0 Å². The topological polar surface area (TPSA) is 74.6 Å². The molecule has 4 aromatic heterocycles. The molecule has 6 rings (SSSR count). The molecule has 6 heterocycles. The maximum Gasteiger partial charge on any atom is 0.172 e. The van der Waals surface area contributed by atoms with Gasteiger partial charge in [0.05, 0.1) is 22.8 Å². The molecule has 0 aromatic carbocycles. The first-order valence-electron chi connectivity index (χ1n) is 12.4. The largest absolute Gasteiger partial charge is 0.487 e. The fraction of sp³-hybridized carbons (Fsp3) is 0.500. The van der Waals surface area contributed by atoms with E-state index in [0.717, 1.165) is 71.2 Å². The van der Waals surface area contributed by atoms with Gasteiger partial charge in [0.25, 0.3) is 0 Å². The summed E-state index contributed by atoms with van der Waals surface area (Å²) in [5, 5.41) is 4.41. The smallest absolute Gasteiger partial charge is 0.172 e. The van der Waals surface area contributed by atoms with E-state index in [4.69, 9.17) is 9.72 Å². The van der Waals surface area contributed by atoms with E-state index >= 15 is 0 Å². The summed E-state index contributed by atoms with van der Waals surface area (Å²) in [5.41, 5.74) is 8.82. The number of nitrogens with zero attached hydrogens (tertiary/aromatic N) is 6. The van der Waals surface area contributed by atoms with Crippen LogP contribution in [0.15, 0.2) is 18.6 Å². The normalized spacial score (nSPS) is 18.5. The van der Waals surface area contributed by atoms with Gasteiger partial charge in [-0.15, -0.1) is 0 Å². The van der Waals surface area contributed by atoms with Gasteiger partial charge >= 0.3 is 0 Å². The number of ether oxygens (including phenoxy) is 1. The van der Waals surface area contributed by atoms with Gasteiger partial charge in [0.1, 0.15) is 12.9 Å². The van der Waals surface area contributed by atoms with Crippen molar-refractivity contribution in [3.63, 3.8) is 0 Å². The highest BCUT2D eigenvalue weighted by Gasteiger charge is 2.34. The Morgan fingerprint density at radius 3 is 2.85 bits per heavy atom. The van der Waals surface area contributed by atoms with Gasteiger partial charge in [-0.3, -0.25) is 4.90 Å². The average Bonchev–Trinajstić information content (AvgIpc) is 3.44. The van der Waals surface area contributed by atoms with Gasteiger partial charge in [-0.05, 0) is 43.9 Å². The lowest BCUT2D eigenvalue weighted by Crippen LogP contribution is -2.57. The van der Waals surface area contributed by atoms with Gasteiger partial charge in [0.15, 0.2) is 17.2 Å². The zero-order valence-corrected chi connectivity index (χ0v) is 20.7. The van der Waals surface area contributed by atoms with Crippen LogP contribution in [0.1, 0.15) is 49.8 Å². The van der Waals surface area contributed by atoms with Crippen LogP contribution in [0.2, 0.25) is 0 Å². The zero-order valence-electron chi connectivity index (χ0n) is 20.7. The highest BCUT2D eigenvalue weighted by Crippen LogP contribution is 2.42. The minimum atomic E-state index is 0.308. The Morgan fingerprint density at radius 2 is 2.06 bits per heavy atom. The highest BCUT2D eigenvalue weighted by atomic mass is 16.5. The summed E-state index contributed by atoms with van der Waals surface area (Å²) in [6.07, 6.45) is 4.89. The Bertz CT molecular complexity index is 1390. The fourth-order valence-corrected chi connectivity index (χ4v) is 5.69. The maximum absolute atomic E-state index is 6.26. The van der Waals surface area contributed by atoms with Crippen LogP contribution in [0.3, 0.4) is 0 Å². The van der Waals surface area contributed by atoms with Crippen LogP contribution in [0.4, 0.5) is 5.82 Å². The molecule has 0 spiro atoms. The predicted molar refractivity (Wildman–Crippen MR) is 135 cm³/mol. The number of H-pyrrole nitrogens is 1. The molecule has 1 fully saturated rings. The molecule has 8 nitrogen and oxygen atoms in total. The number of nitrogens with one attached hydrogen (secondary N) is 1. The van der Waals surface area contributed by atoms with Crippen LogP contribution in [-0.2, 0) is 0 Å². The molecule has 1 atom stereocenters. The minimum Gasteiger partial charge on any atom is -0.487 e. The van der Waals surface area contributed by atoms with Gasteiger partial charge in [0.2, 0.25) is 0 Å². The van der Waals surface area contributed by atoms with Crippen LogP contribution in [0, 0.1) is 13.8 Å². The summed E-state index contributed by atoms with van der Waals surface area (Å²) >= 11 is 0. The molecule has 0 saturated carbocycles. The van der Waals surface area contributed by atoms with E-state index in [2.05, 4.69) is 71.7 Å². The van der Waals surface area contributed by atoms with Crippen molar-refractivity contribution in [1.82, 2.24) is 29.5 Å². The lowest BCUT2D eigenvalue weighted by Gasteiger charge is -2.44. The van der Waals surface area contributed by atoms with E-state index in [9.17, 15) is 0 Å². The number of piperazine rings is 1. The van der Waals surface area contributed by atoms with Crippen molar-refractivity contribution in [1.29, 1.82) is 0 Å². The van der Waals surface area contributed by atoms with E-state index < -0.39 is 0 Å². The Kier molecular flexibility index (Phi) is 5.02. The fourth-order valence-electron chi connectivity index (χ4n) is 5.69. The van der Waals surface area contributed by atoms with Gasteiger partial charge in [-0.25, -0.2) is 14.5 Å². The lowest BCUT2D eigenvalue weighted by molar-refractivity contribution is 0.166. The van der Waals surface area contributed by atoms with E-state index in [0.29, 0.717) is 18.6 Å². The Morgan fingerprint density at radius 1 is 1.21 bits per heavy atom. The third-order valence-electron chi connectivity index (χ3n) is 7.54. The van der Waals surface area contributed by atoms with Gasteiger partial charge < -0.3 is 14.6 Å². The van der Waals surface area contributed by atoms with Gasteiger partial charge in [0, 0.05) is 43.0 Å². The lowest BCUT2D eigenvalue weighted by atomic mass is 9.95. The summed E-state index contributed by atoms with van der Waals surface area (Å²) in [5.74, 6) is 2.18. The Labute approximate surface area is 199 Å². The predicted octanol–water partition coefficient (Wildman–Crippen LogP) is 4.31. The van der Waals surface area contributed by atoms with Gasteiger partial charge in [-0.2, -0.15) is 5.10 Å². The standard InChI is InChI=1S/C26H33N7O/c1-6-7-31-8-9-32-18(11-31)13-34-21-10-20-24(30-26(21)32)22(15(2)3)23(29-20)19-12-33-25(27-14-28-33)17(5)16(19)4/h10,12,14-15,18,29H,6-9,11,13H2,1-5H3. The van der Waals surface area contributed by atoms with Gasteiger partial charge in [-0.1, -0.05) is 20.8 Å². The number of rotatable bonds is 4. The SMILES string of the molecule is CCCN1CCN2c3nc4c(C(C)C)c(-c5cn6ncnc6c(C)c5C)[nH]c4cc3OCC2C1. The van der Waals surface area contributed by atoms with Crippen molar-refractivity contribution in [2.75, 3.05) is 37.7 Å². The molecule has 0 bridgehead atoms. The van der Waals surface area contributed by atoms with E-state index in [1.54, 1.807) is 6.33 Å². The van der Waals surface area contributed by atoms with Crippen molar-refractivity contribution in [2.45, 2.75) is 53.0 Å². The van der Waals surface area contributed by atoms with Crippen molar-refractivity contribution >= 4 is 22.5 Å². The molecule has 178 valence electrons. The number of aryl methyl sites for hydroxylation is 1. The Hall–Kier alpha value is -3.13. The monoisotopic (exact) mass is 459 g/mol. The van der Waals surface area contributed by atoms with E-state index in [1.165, 1.54) is 17.5 Å². The first-order valence-corrected chi connectivity index (χ1v) is 12.4. The quantitative estimate of drug-likeness (QED) is 0.490. The summed E-state index contributed by atoms with van der Waals surface area (Å²) in [6, 6.07) is 2.51. The molecular formula is C26H33N7O. The molecule has 0 aliphatic carbocycles. The highest BCUT2D eigenvalue weighted by molar-refractivity contribution is 5.92. The van der Waals surface area contributed by atoms with E-state index in [-0.39, 0.29) is 0 Å². The molecule has 0 radical (unpaired) electrons. The molecule has 8 heteroatoms. The number of hydrogen-bond acceptors (Lipinski definition) is 6. The number of pyridine rings is 2. The third kappa shape index (κ3) is 3.19. The minimum absolute atomic E-state index is 0.308. The maximum atomic E-state index is 6.26. The molecular weight excluding hydrogens is 426 g/mol. The number of anilines is 1. The molecule has 1 unspecified atom stereocenters. The number of fused-ring (bicyclic) bond motifs is 5. The number of hydrogen-bond donors (Lipinski definition) is 1. The second-order valence-electron chi connectivity index (χ2n) is 10.1. The number of aromatic nitrogens is 5. The second kappa shape index (κ2) is 7.98. The van der Waals surface area contributed by atoms with E-state index in [1.807, 2.05) is 4.52 Å². The number of aromatic amines is 1. The first-order chi connectivity index (χ1) is 16.5. The summed E-state index contributed by atoms with van der Waals surface area (Å²) < 4.78 is 8.13. The van der Waals surface area contributed by atoms with Crippen molar-refractivity contribution in [2.24, 2.45) is 0 Å². The first kappa shape index (κ1) is 21.4. The zero-order chi connectivity index (χ0) is 23.6. The molecule has 2 aliphatic rings. The van der Waals surface area contributed by atoms with Crippen molar-refractivity contribution in [3.05, 3.63) is 35.3 Å². The molecule has 1 N–H and O–H groups in total. The summed E-state index contributed by atoms with van der Waals surface area (Å²) in [6.45, 7) is 16.0. The van der Waals surface area contributed by atoms with Crippen LogP contribution >= 0.6 is 0 Å². The average molecular weight is 460 g/mol. The second-order valence-corrected chi connectivity index (χ2v) is 10.1. The van der Waals surface area contributed by atoms with Crippen LogP contribution in [0.25, 0.3) is 27.9 Å². The van der Waals surface area contributed by atoms with Crippen LogP contribution < -0.4 is 9.64 Å². The molecule has 2 aliphatic heterocycles.